The maximum atomic E-state index is 10.6. The Morgan fingerprint density at radius 2 is 2.07 bits per heavy atom. The first-order valence-corrected chi connectivity index (χ1v) is 4.64. The van der Waals surface area contributed by atoms with Gasteiger partial charge in [0.1, 0.15) is 11.5 Å². The molecule has 15 heavy (non-hydrogen) atoms. The summed E-state index contributed by atoms with van der Waals surface area (Å²) in [5.41, 5.74) is 0.742. The van der Waals surface area contributed by atoms with Gasteiger partial charge in [0.15, 0.2) is 0 Å². The van der Waals surface area contributed by atoms with Crippen LogP contribution in [-0.4, -0.2) is 19.5 Å². The van der Waals surface area contributed by atoms with Crippen LogP contribution in [0.5, 0.6) is 11.5 Å². The van der Waals surface area contributed by atoms with E-state index in [-0.39, 0.29) is 0 Å². The summed E-state index contributed by atoms with van der Waals surface area (Å²) in [5.74, 6) is 1.35. The van der Waals surface area contributed by atoms with E-state index >= 15 is 0 Å². The van der Waals surface area contributed by atoms with Crippen molar-refractivity contribution >= 4 is 22.9 Å². The second kappa shape index (κ2) is 5.41. The Morgan fingerprint density at radius 3 is 2.60 bits per heavy atom. The summed E-state index contributed by atoms with van der Waals surface area (Å²) in [6.45, 7) is 0. The zero-order chi connectivity index (χ0) is 11.3. The van der Waals surface area contributed by atoms with E-state index < -0.39 is 5.24 Å². The molecule has 0 heterocycles. The van der Waals surface area contributed by atoms with E-state index in [1.807, 2.05) is 0 Å². The van der Waals surface area contributed by atoms with Crippen LogP contribution in [0.25, 0.3) is 6.08 Å². The Labute approximate surface area is 93.3 Å². The second-order valence-corrected chi connectivity index (χ2v) is 3.12. The Bertz CT molecular complexity index is 385. The third-order valence-corrected chi connectivity index (χ3v) is 1.96. The topological polar surface area (TPSA) is 35.5 Å². The van der Waals surface area contributed by atoms with Crippen molar-refractivity contribution in [1.82, 2.24) is 0 Å². The molecule has 0 amide bonds. The van der Waals surface area contributed by atoms with Crippen molar-refractivity contribution in [2.75, 3.05) is 14.2 Å². The smallest absolute Gasteiger partial charge is 0.245 e. The predicted octanol–water partition coefficient (Wildman–Crippen LogP) is 2.48. The summed E-state index contributed by atoms with van der Waals surface area (Å²) >= 11 is 5.20. The maximum Gasteiger partial charge on any atom is 0.245 e. The van der Waals surface area contributed by atoms with Crippen LogP contribution in [0.15, 0.2) is 24.3 Å². The summed E-state index contributed by atoms with van der Waals surface area (Å²) < 4.78 is 10.2. The molecule has 0 saturated carbocycles. The quantitative estimate of drug-likeness (QED) is 0.585. The van der Waals surface area contributed by atoms with Crippen LogP contribution in [-0.2, 0) is 4.79 Å². The highest BCUT2D eigenvalue weighted by molar-refractivity contribution is 6.66. The van der Waals surface area contributed by atoms with Crippen LogP contribution in [0.2, 0.25) is 0 Å². The highest BCUT2D eigenvalue weighted by Gasteiger charge is 2.01. The van der Waals surface area contributed by atoms with E-state index in [2.05, 4.69) is 0 Å². The van der Waals surface area contributed by atoms with Gasteiger partial charge >= 0.3 is 0 Å². The van der Waals surface area contributed by atoms with Crippen molar-refractivity contribution < 1.29 is 14.3 Å². The fraction of sp³-hybridized carbons (Fsp3) is 0.182. The molecule has 0 aliphatic carbocycles. The summed E-state index contributed by atoms with van der Waals surface area (Å²) in [6.07, 6.45) is 2.84. The molecule has 0 spiro atoms. The van der Waals surface area contributed by atoms with E-state index in [4.69, 9.17) is 21.1 Å². The molecule has 0 bridgehead atoms. The molecule has 0 unspecified atom stereocenters. The minimum atomic E-state index is -0.528. The number of hydrogen-bond donors (Lipinski definition) is 0. The SMILES string of the molecule is COc1ccc(OC)c(/C=C\C(=O)Cl)c1. The average molecular weight is 227 g/mol. The average Bonchev–Trinajstić information content (AvgIpc) is 2.25. The van der Waals surface area contributed by atoms with E-state index in [9.17, 15) is 4.79 Å². The summed E-state index contributed by atoms with van der Waals surface area (Å²) in [7, 11) is 3.13. The second-order valence-electron chi connectivity index (χ2n) is 2.75. The predicted molar refractivity (Wildman–Crippen MR) is 59.4 cm³/mol. The maximum absolute atomic E-state index is 10.6. The molecule has 1 aromatic rings. The number of benzene rings is 1. The normalized spacial score (nSPS) is 10.3. The first kappa shape index (κ1) is 11.6. The fourth-order valence-electron chi connectivity index (χ4n) is 1.12. The van der Waals surface area contributed by atoms with Gasteiger partial charge in [0.25, 0.3) is 0 Å². The number of ether oxygens (including phenoxy) is 2. The van der Waals surface area contributed by atoms with Crippen LogP contribution < -0.4 is 9.47 Å². The van der Waals surface area contributed by atoms with Gasteiger partial charge in [-0.05, 0) is 42.0 Å². The van der Waals surface area contributed by atoms with Gasteiger partial charge in [-0.25, -0.2) is 0 Å². The van der Waals surface area contributed by atoms with Gasteiger partial charge in [0.05, 0.1) is 14.2 Å². The number of rotatable bonds is 4. The van der Waals surface area contributed by atoms with Crippen molar-refractivity contribution in [3.63, 3.8) is 0 Å². The summed E-state index contributed by atoms with van der Waals surface area (Å²) in [4.78, 5) is 10.6. The highest BCUT2D eigenvalue weighted by Crippen LogP contribution is 2.25. The number of halogens is 1. The molecule has 0 N–H and O–H groups in total. The van der Waals surface area contributed by atoms with Gasteiger partial charge in [0, 0.05) is 5.56 Å². The molecule has 3 nitrogen and oxygen atoms in total. The van der Waals surface area contributed by atoms with Gasteiger partial charge in [-0.15, -0.1) is 0 Å². The van der Waals surface area contributed by atoms with Gasteiger partial charge in [-0.3, -0.25) is 4.79 Å². The zero-order valence-corrected chi connectivity index (χ0v) is 9.25. The first-order chi connectivity index (χ1) is 7.17. The Morgan fingerprint density at radius 1 is 1.33 bits per heavy atom. The lowest BCUT2D eigenvalue weighted by Crippen LogP contribution is -1.89. The minimum absolute atomic E-state index is 0.528. The van der Waals surface area contributed by atoms with Crippen LogP contribution in [0.1, 0.15) is 5.56 Å². The molecule has 80 valence electrons. The molecule has 1 aromatic carbocycles. The van der Waals surface area contributed by atoms with Gasteiger partial charge in [0.2, 0.25) is 5.24 Å². The molecule has 0 saturated heterocycles. The Hall–Kier alpha value is -1.48. The minimum Gasteiger partial charge on any atom is -0.497 e. The van der Waals surface area contributed by atoms with E-state index in [0.29, 0.717) is 11.5 Å². The molecule has 1 rings (SSSR count). The molecule has 0 atom stereocenters. The van der Waals surface area contributed by atoms with Crippen molar-refractivity contribution in [1.29, 1.82) is 0 Å². The molecule has 0 radical (unpaired) electrons. The van der Waals surface area contributed by atoms with Gasteiger partial charge < -0.3 is 9.47 Å². The Balaban J connectivity index is 3.06. The first-order valence-electron chi connectivity index (χ1n) is 4.27. The lowest BCUT2D eigenvalue weighted by atomic mass is 10.2. The van der Waals surface area contributed by atoms with Crippen LogP contribution >= 0.6 is 11.6 Å². The van der Waals surface area contributed by atoms with Crippen molar-refractivity contribution in [2.45, 2.75) is 0 Å². The monoisotopic (exact) mass is 226 g/mol. The molecule has 0 aliphatic rings. The number of hydrogen-bond acceptors (Lipinski definition) is 3. The molecule has 0 fully saturated rings. The standard InChI is InChI=1S/C11H11ClO3/c1-14-9-4-5-10(15-2)8(7-9)3-6-11(12)13/h3-7H,1-2H3/b6-3-. The van der Waals surface area contributed by atoms with Crippen LogP contribution in [0, 0.1) is 0 Å². The molecular formula is C11H11ClO3. The number of allylic oxidation sites excluding steroid dienone is 1. The molecular weight excluding hydrogens is 216 g/mol. The van der Waals surface area contributed by atoms with Crippen molar-refractivity contribution in [3.8, 4) is 11.5 Å². The zero-order valence-electron chi connectivity index (χ0n) is 8.49. The largest absolute Gasteiger partial charge is 0.497 e. The molecule has 4 heteroatoms. The molecule has 0 aliphatic heterocycles. The van der Waals surface area contributed by atoms with Gasteiger partial charge in [-0.2, -0.15) is 0 Å². The summed E-state index contributed by atoms with van der Waals surface area (Å²) in [5, 5.41) is -0.528. The third-order valence-electron chi connectivity index (χ3n) is 1.83. The van der Waals surface area contributed by atoms with Crippen LogP contribution in [0.3, 0.4) is 0 Å². The number of carbonyl (C=O) groups is 1. The molecule has 0 aromatic heterocycles. The highest BCUT2D eigenvalue weighted by atomic mass is 35.5. The van der Waals surface area contributed by atoms with Crippen molar-refractivity contribution in [3.05, 3.63) is 29.8 Å². The lowest BCUT2D eigenvalue weighted by molar-refractivity contribution is -0.107. The summed E-state index contributed by atoms with van der Waals surface area (Å²) in [6, 6.07) is 5.30. The fourth-order valence-corrected chi connectivity index (χ4v) is 1.19. The van der Waals surface area contributed by atoms with Crippen molar-refractivity contribution in [2.24, 2.45) is 0 Å². The van der Waals surface area contributed by atoms with E-state index in [1.54, 1.807) is 38.5 Å². The van der Waals surface area contributed by atoms with Gasteiger partial charge in [-0.1, -0.05) is 0 Å². The van der Waals surface area contributed by atoms with E-state index in [1.165, 1.54) is 6.08 Å². The number of carbonyl (C=O) groups excluding carboxylic acids is 1. The Kier molecular flexibility index (Phi) is 4.18. The van der Waals surface area contributed by atoms with E-state index in [0.717, 1.165) is 5.56 Å². The lowest BCUT2D eigenvalue weighted by Gasteiger charge is -2.06. The van der Waals surface area contributed by atoms with Crippen LogP contribution in [0.4, 0.5) is 0 Å². The third kappa shape index (κ3) is 3.29. The number of methoxy groups -OCH3 is 2.